The molecule has 0 aromatic carbocycles. The summed E-state index contributed by atoms with van der Waals surface area (Å²) in [6.45, 7) is 0.848. The third-order valence-electron chi connectivity index (χ3n) is 2.69. The van der Waals surface area contributed by atoms with Crippen molar-refractivity contribution in [3.05, 3.63) is 17.8 Å². The van der Waals surface area contributed by atoms with Crippen LogP contribution in [0.5, 0.6) is 0 Å². The van der Waals surface area contributed by atoms with Gasteiger partial charge in [-0.1, -0.05) is 0 Å². The molecule has 2 rings (SSSR count). The van der Waals surface area contributed by atoms with Crippen LogP contribution in [0.15, 0.2) is 12.1 Å². The van der Waals surface area contributed by atoms with Gasteiger partial charge in [-0.3, -0.25) is 0 Å². The third-order valence-corrected chi connectivity index (χ3v) is 2.69. The van der Waals surface area contributed by atoms with E-state index in [0.717, 1.165) is 6.07 Å². The Hall–Kier alpha value is -2.06. The number of alkyl halides is 3. The molecule has 0 saturated carbocycles. The summed E-state index contributed by atoms with van der Waals surface area (Å²) in [5.74, 6) is 0.309. The summed E-state index contributed by atoms with van der Waals surface area (Å²) >= 11 is 0. The van der Waals surface area contributed by atoms with Gasteiger partial charge < -0.3 is 15.4 Å². The molecule has 2 heterocycles. The van der Waals surface area contributed by atoms with E-state index in [4.69, 9.17) is 10.5 Å². The molecule has 104 valence electrons. The predicted molar refractivity (Wildman–Crippen MR) is 58.3 cm³/mol. The number of hydrogen-bond donors (Lipinski definition) is 1. The molecule has 6 nitrogen and oxygen atoms in total. The molecule has 1 saturated heterocycles. The maximum Gasteiger partial charge on any atom is 0.435 e. The van der Waals surface area contributed by atoms with Crippen LogP contribution < -0.4 is 10.6 Å². The maximum absolute atomic E-state index is 12.3. The highest BCUT2D eigenvalue weighted by molar-refractivity contribution is 5.65. The molecular weight excluding hydrogens is 265 g/mol. The Morgan fingerprint density at radius 1 is 1.42 bits per heavy atom. The third kappa shape index (κ3) is 3.24. The Morgan fingerprint density at radius 3 is 2.68 bits per heavy atom. The quantitative estimate of drug-likeness (QED) is 0.876. The summed E-state index contributed by atoms with van der Waals surface area (Å²) in [4.78, 5) is 12.3. The van der Waals surface area contributed by atoms with Crippen molar-refractivity contribution in [3.8, 4) is 0 Å². The number of primary amides is 1. The van der Waals surface area contributed by atoms with Gasteiger partial charge in [0.25, 0.3) is 0 Å². The van der Waals surface area contributed by atoms with Gasteiger partial charge in [0, 0.05) is 13.0 Å². The average molecular weight is 276 g/mol. The molecule has 0 radical (unpaired) electrons. The van der Waals surface area contributed by atoms with E-state index >= 15 is 0 Å². The summed E-state index contributed by atoms with van der Waals surface area (Å²) in [5.41, 5.74) is 3.85. The number of halogens is 3. The lowest BCUT2D eigenvalue weighted by Crippen LogP contribution is -2.27. The highest BCUT2D eigenvalue weighted by atomic mass is 19.4. The zero-order chi connectivity index (χ0) is 14.0. The van der Waals surface area contributed by atoms with Crippen molar-refractivity contribution in [1.82, 2.24) is 10.2 Å². The van der Waals surface area contributed by atoms with Crippen molar-refractivity contribution in [2.45, 2.75) is 18.7 Å². The fourth-order valence-electron chi connectivity index (χ4n) is 1.84. The van der Waals surface area contributed by atoms with Gasteiger partial charge in [-0.2, -0.15) is 13.2 Å². The van der Waals surface area contributed by atoms with Gasteiger partial charge in [0.1, 0.15) is 6.10 Å². The molecule has 2 N–H and O–H groups in total. The molecule has 0 aliphatic carbocycles. The Balaban J connectivity index is 2.02. The number of nitrogens with zero attached hydrogens (tertiary/aromatic N) is 3. The van der Waals surface area contributed by atoms with Gasteiger partial charge in [-0.05, 0) is 12.1 Å². The molecule has 1 amide bonds. The van der Waals surface area contributed by atoms with Crippen LogP contribution in [-0.2, 0) is 10.9 Å². The Morgan fingerprint density at radius 2 is 2.16 bits per heavy atom. The van der Waals surface area contributed by atoms with E-state index < -0.39 is 18.0 Å². The monoisotopic (exact) mass is 276 g/mol. The maximum atomic E-state index is 12.3. The van der Waals surface area contributed by atoms with Crippen molar-refractivity contribution in [3.63, 3.8) is 0 Å². The molecule has 1 aromatic heterocycles. The summed E-state index contributed by atoms with van der Waals surface area (Å²) in [6, 6.07) is 2.10. The highest BCUT2D eigenvalue weighted by Crippen LogP contribution is 2.28. The van der Waals surface area contributed by atoms with Crippen molar-refractivity contribution < 1.29 is 22.7 Å². The summed E-state index contributed by atoms with van der Waals surface area (Å²) < 4.78 is 41.8. The summed E-state index contributed by atoms with van der Waals surface area (Å²) in [7, 11) is 0. The first-order chi connectivity index (χ1) is 8.86. The first-order valence-corrected chi connectivity index (χ1v) is 5.48. The van der Waals surface area contributed by atoms with Crippen LogP contribution >= 0.6 is 0 Å². The van der Waals surface area contributed by atoms with Crippen molar-refractivity contribution in [1.29, 1.82) is 0 Å². The highest BCUT2D eigenvalue weighted by Gasteiger charge is 2.33. The number of aromatic nitrogens is 2. The molecule has 9 heteroatoms. The van der Waals surface area contributed by atoms with Gasteiger partial charge in [0.15, 0.2) is 11.5 Å². The first-order valence-electron chi connectivity index (χ1n) is 5.48. The van der Waals surface area contributed by atoms with Crippen LogP contribution in [0.2, 0.25) is 0 Å². The summed E-state index contributed by atoms with van der Waals surface area (Å²) in [6.07, 6.45) is -5.20. The predicted octanol–water partition coefficient (Wildman–Crippen LogP) is 1.17. The largest absolute Gasteiger partial charge is 0.444 e. The molecule has 19 heavy (non-hydrogen) atoms. The molecule has 0 unspecified atom stereocenters. The number of rotatable bonds is 2. The van der Waals surface area contributed by atoms with E-state index in [-0.39, 0.29) is 6.10 Å². The van der Waals surface area contributed by atoms with Crippen LogP contribution in [0.1, 0.15) is 12.1 Å². The molecule has 1 aromatic rings. The second kappa shape index (κ2) is 4.90. The van der Waals surface area contributed by atoms with Crippen molar-refractivity contribution >= 4 is 11.9 Å². The van der Waals surface area contributed by atoms with Gasteiger partial charge >= 0.3 is 12.3 Å². The Bertz CT molecular complexity index is 463. The average Bonchev–Trinajstić information content (AvgIpc) is 2.75. The van der Waals surface area contributed by atoms with Crippen LogP contribution in [0, 0.1) is 0 Å². The second-order valence-corrected chi connectivity index (χ2v) is 4.07. The fourth-order valence-corrected chi connectivity index (χ4v) is 1.84. The lowest BCUT2D eigenvalue weighted by molar-refractivity contribution is -0.141. The van der Waals surface area contributed by atoms with Crippen molar-refractivity contribution in [2.75, 3.05) is 18.0 Å². The molecule has 1 atom stereocenters. The van der Waals surface area contributed by atoms with Gasteiger partial charge in [0.2, 0.25) is 0 Å². The number of hydrogen-bond acceptors (Lipinski definition) is 5. The topological polar surface area (TPSA) is 81.3 Å². The Labute approximate surface area is 106 Å². The number of nitrogens with two attached hydrogens (primary N) is 1. The standard InChI is InChI=1S/C10H11F3N4O2/c11-10(12,13)7-1-2-8(16-15-7)17-4-3-6(5-17)19-9(14)18/h1-2,6H,3-5H2,(H2,14,18)/t6-/m1/s1. The lowest BCUT2D eigenvalue weighted by atomic mass is 10.3. The van der Waals surface area contributed by atoms with Gasteiger partial charge in [-0.25, -0.2) is 4.79 Å². The smallest absolute Gasteiger partial charge is 0.435 e. The van der Waals surface area contributed by atoms with E-state index in [9.17, 15) is 18.0 Å². The number of anilines is 1. The number of ether oxygens (including phenoxy) is 1. The van der Waals surface area contributed by atoms with E-state index in [1.165, 1.54) is 6.07 Å². The molecule has 0 spiro atoms. The van der Waals surface area contributed by atoms with Gasteiger partial charge in [-0.15, -0.1) is 10.2 Å². The van der Waals surface area contributed by atoms with Crippen LogP contribution in [0.25, 0.3) is 0 Å². The molecule has 1 fully saturated rings. The number of carbonyl (C=O) groups excluding carboxylic acids is 1. The molecule has 1 aliphatic rings. The molecule has 1 aliphatic heterocycles. The van der Waals surface area contributed by atoms with E-state index in [2.05, 4.69) is 10.2 Å². The zero-order valence-corrected chi connectivity index (χ0v) is 9.72. The molecule has 0 bridgehead atoms. The fraction of sp³-hybridized carbons (Fsp3) is 0.500. The minimum absolute atomic E-state index is 0.309. The second-order valence-electron chi connectivity index (χ2n) is 4.07. The normalized spacial score (nSPS) is 19.5. The summed E-state index contributed by atoms with van der Waals surface area (Å²) in [5, 5.41) is 6.66. The SMILES string of the molecule is NC(=O)O[C@@H]1CCN(c2ccc(C(F)(F)F)nn2)C1. The van der Waals surface area contributed by atoms with E-state index in [1.54, 1.807) is 4.90 Å². The Kier molecular flexibility index (Phi) is 3.45. The minimum Gasteiger partial charge on any atom is -0.444 e. The molecular formula is C10H11F3N4O2. The van der Waals surface area contributed by atoms with Crippen LogP contribution in [0.4, 0.5) is 23.8 Å². The number of carbonyl (C=O) groups is 1. The minimum atomic E-state index is -4.51. The zero-order valence-electron chi connectivity index (χ0n) is 9.72. The first kappa shape index (κ1) is 13.4. The van der Waals surface area contributed by atoms with E-state index in [0.29, 0.717) is 25.3 Å². The lowest BCUT2D eigenvalue weighted by Gasteiger charge is -2.16. The number of amides is 1. The van der Waals surface area contributed by atoms with E-state index in [1.807, 2.05) is 0 Å². The van der Waals surface area contributed by atoms with Gasteiger partial charge in [0.05, 0.1) is 6.54 Å². The van der Waals surface area contributed by atoms with Crippen molar-refractivity contribution in [2.24, 2.45) is 5.73 Å². The van der Waals surface area contributed by atoms with Crippen LogP contribution in [-0.4, -0.2) is 35.5 Å². The van der Waals surface area contributed by atoms with Crippen LogP contribution in [0.3, 0.4) is 0 Å².